The van der Waals surface area contributed by atoms with Crippen molar-refractivity contribution in [3.63, 3.8) is 0 Å². The zero-order valence-electron chi connectivity index (χ0n) is 11.9. The third-order valence-corrected chi connectivity index (χ3v) is 3.48. The molecule has 21 heavy (non-hydrogen) atoms. The maximum absolute atomic E-state index is 10.7. The molecule has 1 aromatic rings. The van der Waals surface area contributed by atoms with E-state index in [-0.39, 0.29) is 6.42 Å². The minimum Gasteiger partial charge on any atom is -0.496 e. The third kappa shape index (κ3) is 4.09. The Morgan fingerprint density at radius 2 is 2.00 bits per heavy atom. The summed E-state index contributed by atoms with van der Waals surface area (Å²) in [5.74, 6) is 0.0509. The first-order valence-electron chi connectivity index (χ1n) is 6.91. The highest BCUT2D eigenvalue weighted by molar-refractivity contribution is 5.72. The van der Waals surface area contributed by atoms with Gasteiger partial charge in [-0.15, -0.1) is 0 Å². The molecule has 1 aromatic carbocycles. The van der Waals surface area contributed by atoms with Crippen LogP contribution in [0.2, 0.25) is 0 Å². The van der Waals surface area contributed by atoms with Crippen molar-refractivity contribution < 1.29 is 29.6 Å². The van der Waals surface area contributed by atoms with Crippen LogP contribution in [0.5, 0.6) is 11.5 Å². The van der Waals surface area contributed by atoms with E-state index in [1.165, 1.54) is 7.11 Å². The summed E-state index contributed by atoms with van der Waals surface area (Å²) in [5.41, 5.74) is 0.376. The van der Waals surface area contributed by atoms with Gasteiger partial charge in [-0.2, -0.15) is 0 Å². The van der Waals surface area contributed by atoms with Crippen LogP contribution in [0.3, 0.4) is 0 Å². The molecule has 1 saturated carbocycles. The van der Waals surface area contributed by atoms with Gasteiger partial charge in [-0.3, -0.25) is 0 Å². The number of carboxylic acids is 1. The summed E-state index contributed by atoms with van der Waals surface area (Å²) in [6.45, 7) is 0.564. The van der Waals surface area contributed by atoms with Gasteiger partial charge in [0, 0.05) is 6.42 Å². The second kappa shape index (κ2) is 6.78. The van der Waals surface area contributed by atoms with E-state index in [2.05, 4.69) is 0 Å². The van der Waals surface area contributed by atoms with Gasteiger partial charge in [0.2, 0.25) is 0 Å². The Labute approximate surface area is 122 Å². The average molecular weight is 296 g/mol. The minimum atomic E-state index is -1.64. The number of rotatable bonds is 8. The van der Waals surface area contributed by atoms with Crippen molar-refractivity contribution in [3.05, 3.63) is 23.8 Å². The second-order valence-corrected chi connectivity index (χ2v) is 5.23. The summed E-state index contributed by atoms with van der Waals surface area (Å²) >= 11 is 0. The zero-order valence-corrected chi connectivity index (χ0v) is 11.9. The summed E-state index contributed by atoms with van der Waals surface area (Å²) < 4.78 is 10.9. The van der Waals surface area contributed by atoms with Crippen LogP contribution in [0, 0.1) is 5.92 Å². The number of ether oxygens (including phenoxy) is 2. The number of aliphatic hydroxyl groups excluding tert-OH is 2. The standard InChI is InChI=1S/C15H20O6/c1-20-12-3-2-4-13(21-8-9-5-6-9)14(12)10(16)7-11(17)15(18)19/h2-4,9-11,16-17H,5-8H2,1H3,(H,18,19). The fraction of sp³-hybridized carbons (Fsp3) is 0.533. The molecule has 2 unspecified atom stereocenters. The number of aliphatic hydroxyl groups is 2. The molecule has 1 aliphatic rings. The highest BCUT2D eigenvalue weighted by Crippen LogP contribution is 2.37. The Hall–Kier alpha value is -1.79. The largest absolute Gasteiger partial charge is 0.496 e. The number of carbonyl (C=O) groups is 1. The van der Waals surface area contributed by atoms with Gasteiger partial charge in [0.1, 0.15) is 11.5 Å². The normalized spacial score (nSPS) is 17.1. The summed E-state index contributed by atoms with van der Waals surface area (Å²) in [6.07, 6.45) is -0.864. The molecule has 0 heterocycles. The van der Waals surface area contributed by atoms with Crippen molar-refractivity contribution in [3.8, 4) is 11.5 Å². The Morgan fingerprint density at radius 1 is 1.33 bits per heavy atom. The van der Waals surface area contributed by atoms with Gasteiger partial charge < -0.3 is 24.8 Å². The van der Waals surface area contributed by atoms with Gasteiger partial charge in [-0.1, -0.05) is 6.07 Å². The molecule has 0 saturated heterocycles. The SMILES string of the molecule is COc1cccc(OCC2CC2)c1C(O)CC(O)C(=O)O. The number of hydrogen-bond donors (Lipinski definition) is 3. The van der Waals surface area contributed by atoms with E-state index in [4.69, 9.17) is 14.6 Å². The molecule has 0 radical (unpaired) electrons. The molecule has 0 bridgehead atoms. The first kappa shape index (κ1) is 15.6. The second-order valence-electron chi connectivity index (χ2n) is 5.23. The van der Waals surface area contributed by atoms with Crippen molar-refractivity contribution in [1.29, 1.82) is 0 Å². The van der Waals surface area contributed by atoms with Gasteiger partial charge in [0.25, 0.3) is 0 Å². The summed E-state index contributed by atoms with van der Waals surface area (Å²) in [6, 6.07) is 5.11. The van der Waals surface area contributed by atoms with Gasteiger partial charge in [0.15, 0.2) is 6.10 Å². The van der Waals surface area contributed by atoms with Crippen LogP contribution in [-0.4, -0.2) is 41.1 Å². The first-order valence-corrected chi connectivity index (χ1v) is 6.91. The van der Waals surface area contributed by atoms with Crippen LogP contribution in [0.25, 0.3) is 0 Å². The Kier molecular flexibility index (Phi) is 5.03. The fourth-order valence-corrected chi connectivity index (χ4v) is 2.08. The van der Waals surface area contributed by atoms with E-state index in [1.807, 2.05) is 0 Å². The average Bonchev–Trinajstić information content (AvgIpc) is 3.28. The van der Waals surface area contributed by atoms with Crippen LogP contribution in [0.1, 0.15) is 30.9 Å². The number of hydrogen-bond acceptors (Lipinski definition) is 5. The lowest BCUT2D eigenvalue weighted by molar-refractivity contribution is -0.148. The molecule has 1 fully saturated rings. The Morgan fingerprint density at radius 3 is 2.57 bits per heavy atom. The van der Waals surface area contributed by atoms with Crippen molar-refractivity contribution >= 4 is 5.97 Å². The molecule has 0 aromatic heterocycles. The number of aliphatic carboxylic acids is 1. The van der Waals surface area contributed by atoms with Crippen LogP contribution in [-0.2, 0) is 4.79 Å². The molecule has 0 spiro atoms. The lowest BCUT2D eigenvalue weighted by Crippen LogP contribution is -2.22. The first-order chi connectivity index (χ1) is 10.0. The minimum absolute atomic E-state index is 0.324. The van der Waals surface area contributed by atoms with Gasteiger partial charge in [0.05, 0.1) is 25.4 Å². The maximum atomic E-state index is 10.7. The molecule has 6 heteroatoms. The molecule has 2 atom stereocenters. The topological polar surface area (TPSA) is 96.2 Å². The molecule has 0 aliphatic heterocycles. The van der Waals surface area contributed by atoms with Crippen LogP contribution in [0.4, 0.5) is 0 Å². The van der Waals surface area contributed by atoms with E-state index < -0.39 is 18.2 Å². The lowest BCUT2D eigenvalue weighted by Gasteiger charge is -2.20. The monoisotopic (exact) mass is 296 g/mol. The van der Waals surface area contributed by atoms with Crippen molar-refractivity contribution in [2.75, 3.05) is 13.7 Å². The number of carboxylic acid groups (broad SMARTS) is 1. The van der Waals surface area contributed by atoms with Crippen molar-refractivity contribution in [1.82, 2.24) is 0 Å². The fourth-order valence-electron chi connectivity index (χ4n) is 2.08. The molecular formula is C15H20O6. The van der Waals surface area contributed by atoms with E-state index in [0.29, 0.717) is 29.6 Å². The molecule has 116 valence electrons. The Balaban J connectivity index is 2.18. The number of methoxy groups -OCH3 is 1. The van der Waals surface area contributed by atoms with Crippen molar-refractivity contribution in [2.24, 2.45) is 5.92 Å². The molecular weight excluding hydrogens is 276 g/mol. The summed E-state index contributed by atoms with van der Waals surface area (Å²) in [4.78, 5) is 10.7. The zero-order chi connectivity index (χ0) is 15.4. The molecule has 2 rings (SSSR count). The van der Waals surface area contributed by atoms with Crippen LogP contribution in [0.15, 0.2) is 18.2 Å². The highest BCUT2D eigenvalue weighted by Gasteiger charge is 2.27. The maximum Gasteiger partial charge on any atom is 0.332 e. The molecule has 0 amide bonds. The predicted octanol–water partition coefficient (Wildman–Crippen LogP) is 1.35. The lowest BCUT2D eigenvalue weighted by atomic mass is 10.0. The summed E-state index contributed by atoms with van der Waals surface area (Å²) in [7, 11) is 1.46. The smallest absolute Gasteiger partial charge is 0.332 e. The van der Waals surface area contributed by atoms with E-state index >= 15 is 0 Å². The third-order valence-electron chi connectivity index (χ3n) is 3.48. The molecule has 3 N–H and O–H groups in total. The van der Waals surface area contributed by atoms with Crippen LogP contribution >= 0.6 is 0 Å². The van der Waals surface area contributed by atoms with E-state index in [1.54, 1.807) is 18.2 Å². The predicted molar refractivity (Wildman–Crippen MR) is 74.4 cm³/mol. The van der Waals surface area contributed by atoms with Crippen molar-refractivity contribution in [2.45, 2.75) is 31.5 Å². The summed E-state index contributed by atoms with van der Waals surface area (Å²) in [5, 5.41) is 28.4. The van der Waals surface area contributed by atoms with E-state index in [0.717, 1.165) is 12.8 Å². The highest BCUT2D eigenvalue weighted by atomic mass is 16.5. The van der Waals surface area contributed by atoms with Crippen LogP contribution < -0.4 is 9.47 Å². The quantitative estimate of drug-likeness (QED) is 0.670. The number of benzene rings is 1. The van der Waals surface area contributed by atoms with Gasteiger partial charge in [-0.05, 0) is 30.9 Å². The Bertz CT molecular complexity index is 497. The van der Waals surface area contributed by atoms with E-state index in [9.17, 15) is 15.0 Å². The molecule has 1 aliphatic carbocycles. The van der Waals surface area contributed by atoms with Gasteiger partial charge >= 0.3 is 5.97 Å². The van der Waals surface area contributed by atoms with Gasteiger partial charge in [-0.25, -0.2) is 4.79 Å². The molecule has 6 nitrogen and oxygen atoms in total.